The van der Waals surface area contributed by atoms with Gasteiger partial charge in [0, 0.05) is 54.0 Å². The van der Waals surface area contributed by atoms with E-state index in [2.05, 4.69) is 117 Å². The number of thiophene rings is 1. The number of fused-ring (bicyclic) bond motifs is 12. The van der Waals surface area contributed by atoms with Crippen LogP contribution in [0.1, 0.15) is 0 Å². The maximum absolute atomic E-state index is 2.49. The second-order valence-electron chi connectivity index (χ2n) is 10.2. The number of hydrogen-bond donors (Lipinski definition) is 0. The summed E-state index contributed by atoms with van der Waals surface area (Å²) < 4.78 is 4.94. The molecular weight excluding hydrogens is 468 g/mol. The number of nitrogens with zero attached hydrogens (tertiary/aromatic N) is 2. The molecule has 0 saturated heterocycles. The normalized spacial score (nSPS) is 12.9. The van der Waals surface area contributed by atoms with Gasteiger partial charge in [-0.3, -0.25) is 4.40 Å². The molecule has 0 fully saturated rings. The number of aromatic nitrogens is 2. The van der Waals surface area contributed by atoms with Crippen LogP contribution in [0.15, 0.2) is 109 Å². The number of para-hydroxylation sites is 4. The fourth-order valence-corrected chi connectivity index (χ4v) is 8.14. The van der Waals surface area contributed by atoms with Crippen molar-refractivity contribution in [3.05, 3.63) is 109 Å². The minimum absolute atomic E-state index is 1.28. The minimum atomic E-state index is 1.28. The summed E-state index contributed by atoms with van der Waals surface area (Å²) in [6.45, 7) is 0. The van der Waals surface area contributed by atoms with Crippen molar-refractivity contribution in [3.63, 3.8) is 0 Å². The SMILES string of the molecule is c1ccc2c(c1)c1cc(-c3csc4c3c3cccc5c6ccccc6n4c53)cc3c4ccccc4n2c13. The lowest BCUT2D eigenvalue weighted by Crippen LogP contribution is -1.79. The first-order valence-corrected chi connectivity index (χ1v) is 13.6. The lowest BCUT2D eigenvalue weighted by molar-refractivity contribution is 1.37. The molecule has 5 aromatic heterocycles. The van der Waals surface area contributed by atoms with Crippen molar-refractivity contribution in [1.82, 2.24) is 8.80 Å². The van der Waals surface area contributed by atoms with Crippen LogP contribution in [-0.2, 0) is 0 Å². The first kappa shape index (κ1) is 18.6. The minimum Gasteiger partial charge on any atom is -0.308 e. The zero-order chi connectivity index (χ0) is 23.8. The van der Waals surface area contributed by atoms with E-state index in [1.807, 2.05) is 11.3 Å². The molecule has 3 heteroatoms. The van der Waals surface area contributed by atoms with Gasteiger partial charge in [0.25, 0.3) is 0 Å². The highest BCUT2D eigenvalue weighted by molar-refractivity contribution is 7.17. The molecule has 0 amide bonds. The van der Waals surface area contributed by atoms with Crippen LogP contribution in [0.5, 0.6) is 0 Å². The van der Waals surface area contributed by atoms with Gasteiger partial charge in [0.1, 0.15) is 4.83 Å². The number of benzene rings is 5. The zero-order valence-electron chi connectivity index (χ0n) is 19.7. The molecule has 170 valence electrons. The third-order valence-electron chi connectivity index (χ3n) is 8.45. The lowest BCUT2D eigenvalue weighted by Gasteiger charge is -2.03. The first-order chi connectivity index (χ1) is 18.4. The molecule has 10 rings (SSSR count). The Bertz CT molecular complexity index is 2440. The molecule has 5 heterocycles. The van der Waals surface area contributed by atoms with Crippen molar-refractivity contribution in [2.24, 2.45) is 0 Å². The maximum atomic E-state index is 2.49. The van der Waals surface area contributed by atoms with Crippen molar-refractivity contribution in [1.29, 1.82) is 0 Å². The summed E-state index contributed by atoms with van der Waals surface area (Å²) in [4.78, 5) is 1.33. The Kier molecular flexibility index (Phi) is 3.12. The Labute approximate surface area is 214 Å². The highest BCUT2D eigenvalue weighted by atomic mass is 32.1. The summed E-state index contributed by atoms with van der Waals surface area (Å²) in [5.41, 5.74) is 9.17. The Balaban J connectivity index is 1.41. The molecule has 0 spiro atoms. The quantitative estimate of drug-likeness (QED) is 0.218. The van der Waals surface area contributed by atoms with E-state index in [0.29, 0.717) is 0 Å². The van der Waals surface area contributed by atoms with Crippen molar-refractivity contribution in [2.75, 3.05) is 0 Å². The van der Waals surface area contributed by atoms with E-state index in [1.54, 1.807) is 0 Å². The van der Waals surface area contributed by atoms with Gasteiger partial charge < -0.3 is 4.40 Å². The van der Waals surface area contributed by atoms with Crippen LogP contribution in [0.4, 0.5) is 0 Å². The first-order valence-electron chi connectivity index (χ1n) is 12.7. The van der Waals surface area contributed by atoms with Gasteiger partial charge in [-0.25, -0.2) is 0 Å². The number of rotatable bonds is 1. The molecule has 37 heavy (non-hydrogen) atoms. The van der Waals surface area contributed by atoms with Crippen LogP contribution in [-0.4, -0.2) is 8.80 Å². The van der Waals surface area contributed by atoms with Crippen LogP contribution in [0.25, 0.3) is 86.6 Å². The van der Waals surface area contributed by atoms with E-state index >= 15 is 0 Å². The van der Waals surface area contributed by atoms with Crippen LogP contribution < -0.4 is 0 Å². The fourth-order valence-electron chi connectivity index (χ4n) is 7.02. The van der Waals surface area contributed by atoms with Gasteiger partial charge >= 0.3 is 0 Å². The standard InChI is InChI=1S/C34H18N2S/c1-6-15-30-20(8-1)23-11-7-12-24-31-27(18-37-34(31)36(30)32(23)24)19-16-25-21-9-2-4-13-28(21)35-29-14-5-3-10-22(29)26(17-19)33(25)35/h1-18H. The second kappa shape index (κ2) is 6.20. The van der Waals surface area contributed by atoms with E-state index in [9.17, 15) is 0 Å². The molecule has 0 aliphatic carbocycles. The molecule has 0 unspecified atom stereocenters. The molecule has 0 atom stereocenters. The van der Waals surface area contributed by atoms with Gasteiger partial charge in [-0.1, -0.05) is 72.8 Å². The third kappa shape index (κ3) is 2.04. The predicted octanol–water partition coefficient (Wildman–Crippen LogP) is 9.72. The Morgan fingerprint density at radius 2 is 0.973 bits per heavy atom. The van der Waals surface area contributed by atoms with Gasteiger partial charge in [0.05, 0.1) is 27.6 Å². The molecule has 0 bridgehead atoms. The molecule has 0 aliphatic heterocycles. The van der Waals surface area contributed by atoms with Crippen molar-refractivity contribution < 1.29 is 0 Å². The molecular formula is C34H18N2S. The van der Waals surface area contributed by atoms with Crippen LogP contribution in [0.2, 0.25) is 0 Å². The van der Waals surface area contributed by atoms with E-state index in [1.165, 1.54) is 86.6 Å². The van der Waals surface area contributed by atoms with Crippen LogP contribution in [0.3, 0.4) is 0 Å². The Hall–Kier alpha value is -4.60. The number of hydrogen-bond acceptors (Lipinski definition) is 1. The van der Waals surface area contributed by atoms with Crippen LogP contribution >= 0.6 is 11.3 Å². The molecule has 0 N–H and O–H groups in total. The van der Waals surface area contributed by atoms with Gasteiger partial charge in [-0.2, -0.15) is 0 Å². The van der Waals surface area contributed by atoms with Gasteiger partial charge in [0.15, 0.2) is 0 Å². The summed E-state index contributed by atoms with van der Waals surface area (Å²) in [5.74, 6) is 0. The smallest absolute Gasteiger partial charge is 0.109 e. The summed E-state index contributed by atoms with van der Waals surface area (Å²) in [6.07, 6.45) is 0. The average molecular weight is 487 g/mol. The molecule has 5 aromatic carbocycles. The van der Waals surface area contributed by atoms with E-state index in [0.717, 1.165) is 0 Å². The summed E-state index contributed by atoms with van der Waals surface area (Å²) in [5, 5.41) is 13.1. The van der Waals surface area contributed by atoms with E-state index in [-0.39, 0.29) is 0 Å². The van der Waals surface area contributed by atoms with Crippen molar-refractivity contribution in [2.45, 2.75) is 0 Å². The summed E-state index contributed by atoms with van der Waals surface area (Å²) in [7, 11) is 0. The molecule has 0 aliphatic rings. The average Bonchev–Trinajstić information content (AvgIpc) is 3.73. The molecule has 0 saturated carbocycles. The van der Waals surface area contributed by atoms with E-state index in [4.69, 9.17) is 0 Å². The molecule has 10 aromatic rings. The summed E-state index contributed by atoms with van der Waals surface area (Å²) in [6, 6.07) is 38.1. The largest absolute Gasteiger partial charge is 0.308 e. The summed E-state index contributed by atoms with van der Waals surface area (Å²) >= 11 is 1.86. The van der Waals surface area contributed by atoms with Crippen molar-refractivity contribution >= 4 is 86.8 Å². The van der Waals surface area contributed by atoms with Gasteiger partial charge in [0.2, 0.25) is 0 Å². The van der Waals surface area contributed by atoms with Gasteiger partial charge in [-0.15, -0.1) is 11.3 Å². The Morgan fingerprint density at radius 1 is 0.459 bits per heavy atom. The molecule has 2 nitrogen and oxygen atoms in total. The predicted molar refractivity (Wildman–Crippen MR) is 159 cm³/mol. The topological polar surface area (TPSA) is 8.82 Å². The highest BCUT2D eigenvalue weighted by Gasteiger charge is 2.23. The van der Waals surface area contributed by atoms with Crippen molar-refractivity contribution in [3.8, 4) is 11.1 Å². The zero-order valence-corrected chi connectivity index (χ0v) is 20.5. The Morgan fingerprint density at radius 3 is 1.65 bits per heavy atom. The third-order valence-corrected chi connectivity index (χ3v) is 9.42. The van der Waals surface area contributed by atoms with Gasteiger partial charge in [-0.05, 0) is 35.9 Å². The second-order valence-corrected chi connectivity index (χ2v) is 11.0. The molecule has 0 radical (unpaired) electrons. The maximum Gasteiger partial charge on any atom is 0.109 e. The fraction of sp³-hybridized carbons (Fsp3) is 0. The van der Waals surface area contributed by atoms with E-state index < -0.39 is 0 Å². The van der Waals surface area contributed by atoms with Crippen LogP contribution in [0, 0.1) is 0 Å². The highest BCUT2D eigenvalue weighted by Crippen LogP contribution is 2.47. The lowest BCUT2D eigenvalue weighted by atomic mass is 9.98. The monoisotopic (exact) mass is 486 g/mol.